The maximum atomic E-state index is 12.4. The number of aromatic nitrogens is 1. The van der Waals surface area contributed by atoms with Crippen molar-refractivity contribution in [2.75, 3.05) is 7.05 Å². The molecule has 1 aliphatic rings. The zero-order valence-electron chi connectivity index (χ0n) is 14.5. The number of aryl methyl sites for hydroxylation is 1. The molecule has 0 bridgehead atoms. The van der Waals surface area contributed by atoms with E-state index < -0.39 is 0 Å². The van der Waals surface area contributed by atoms with Crippen LogP contribution in [0.15, 0.2) is 10.6 Å². The number of carbonyl (C=O) groups excluding carboxylic acids is 1. The first-order valence-corrected chi connectivity index (χ1v) is 7.79. The van der Waals surface area contributed by atoms with Gasteiger partial charge in [0.15, 0.2) is 0 Å². The maximum Gasteiger partial charge on any atom is 0.317 e. The van der Waals surface area contributed by atoms with Crippen LogP contribution in [0.2, 0.25) is 0 Å². The van der Waals surface area contributed by atoms with Crippen molar-refractivity contribution in [3.8, 4) is 0 Å². The minimum atomic E-state index is -0.0702. The molecule has 6 heteroatoms. The standard InChI is InChI=1S/C16H28N4O2/c1-11-7-12(18-22-11)10-20(6)14(21)17-13-8-15(2,3)19-16(4,5)9-13/h7,13,19H,8-10H2,1-6H3,(H,17,21). The summed E-state index contributed by atoms with van der Waals surface area (Å²) in [6, 6.07) is 1.94. The Labute approximate surface area is 132 Å². The number of nitrogens with one attached hydrogen (secondary N) is 2. The molecule has 1 saturated heterocycles. The van der Waals surface area contributed by atoms with Gasteiger partial charge in [0.05, 0.1) is 6.54 Å². The first kappa shape index (κ1) is 16.8. The van der Waals surface area contributed by atoms with Crippen molar-refractivity contribution >= 4 is 6.03 Å². The van der Waals surface area contributed by atoms with Crippen molar-refractivity contribution in [3.63, 3.8) is 0 Å². The number of hydrogen-bond acceptors (Lipinski definition) is 4. The van der Waals surface area contributed by atoms with E-state index in [1.807, 2.05) is 13.0 Å². The van der Waals surface area contributed by atoms with Crippen molar-refractivity contribution in [3.05, 3.63) is 17.5 Å². The molecule has 0 aliphatic carbocycles. The lowest BCUT2D eigenvalue weighted by Gasteiger charge is -2.46. The quantitative estimate of drug-likeness (QED) is 0.900. The number of nitrogens with zero attached hydrogens (tertiary/aromatic N) is 2. The Bertz CT molecular complexity index is 520. The number of hydrogen-bond donors (Lipinski definition) is 2. The maximum absolute atomic E-state index is 12.4. The van der Waals surface area contributed by atoms with Crippen molar-refractivity contribution < 1.29 is 9.32 Å². The van der Waals surface area contributed by atoms with Crippen LogP contribution < -0.4 is 10.6 Å². The second kappa shape index (κ2) is 5.91. The van der Waals surface area contributed by atoms with Gasteiger partial charge in [0, 0.05) is 30.2 Å². The number of amides is 2. The Morgan fingerprint density at radius 1 is 1.41 bits per heavy atom. The summed E-state index contributed by atoms with van der Waals surface area (Å²) >= 11 is 0. The summed E-state index contributed by atoms with van der Waals surface area (Å²) in [7, 11) is 1.77. The predicted octanol–water partition coefficient (Wildman–Crippen LogP) is 2.43. The number of urea groups is 1. The van der Waals surface area contributed by atoms with Gasteiger partial charge in [0.2, 0.25) is 0 Å². The highest BCUT2D eigenvalue weighted by Crippen LogP contribution is 2.28. The zero-order valence-corrected chi connectivity index (χ0v) is 14.5. The molecule has 1 aliphatic heterocycles. The highest BCUT2D eigenvalue weighted by Gasteiger charge is 2.38. The van der Waals surface area contributed by atoms with Crippen molar-refractivity contribution in [1.82, 2.24) is 20.7 Å². The molecule has 6 nitrogen and oxygen atoms in total. The fourth-order valence-corrected chi connectivity index (χ4v) is 3.52. The van der Waals surface area contributed by atoms with E-state index in [0.29, 0.717) is 6.54 Å². The van der Waals surface area contributed by atoms with Crippen molar-refractivity contribution in [2.45, 2.75) is 71.1 Å². The molecule has 0 spiro atoms. The summed E-state index contributed by atoms with van der Waals surface area (Å²) in [5.41, 5.74) is 0.796. The second-order valence-electron chi connectivity index (χ2n) is 7.73. The Morgan fingerprint density at radius 3 is 2.50 bits per heavy atom. The van der Waals surface area contributed by atoms with E-state index in [2.05, 4.69) is 43.5 Å². The number of carbonyl (C=O) groups is 1. The van der Waals surface area contributed by atoms with Gasteiger partial charge < -0.3 is 20.1 Å². The van der Waals surface area contributed by atoms with Crippen LogP contribution in [-0.4, -0.2) is 40.3 Å². The average molecular weight is 308 g/mol. The van der Waals surface area contributed by atoms with E-state index in [9.17, 15) is 4.79 Å². The third kappa shape index (κ3) is 4.47. The predicted molar refractivity (Wildman–Crippen MR) is 85.6 cm³/mol. The van der Waals surface area contributed by atoms with Gasteiger partial charge in [-0.25, -0.2) is 4.79 Å². The van der Waals surface area contributed by atoms with Crippen LogP contribution in [0.25, 0.3) is 0 Å². The molecule has 1 aromatic rings. The fraction of sp³-hybridized carbons (Fsp3) is 0.750. The molecule has 124 valence electrons. The van der Waals surface area contributed by atoms with Gasteiger partial charge in [-0.1, -0.05) is 5.16 Å². The minimum absolute atomic E-state index is 0.0154. The summed E-state index contributed by atoms with van der Waals surface area (Å²) < 4.78 is 5.03. The van der Waals surface area contributed by atoms with Gasteiger partial charge in [-0.05, 0) is 47.5 Å². The SMILES string of the molecule is Cc1cc(CN(C)C(=O)NC2CC(C)(C)NC(C)(C)C2)no1. The highest BCUT2D eigenvalue weighted by atomic mass is 16.5. The van der Waals surface area contributed by atoms with Crippen molar-refractivity contribution in [2.24, 2.45) is 0 Å². The Balaban J connectivity index is 1.93. The molecule has 0 unspecified atom stereocenters. The van der Waals surface area contributed by atoms with Crippen LogP contribution in [0.1, 0.15) is 52.0 Å². The monoisotopic (exact) mass is 308 g/mol. The molecule has 1 aromatic heterocycles. The molecule has 0 aromatic carbocycles. The average Bonchev–Trinajstić information content (AvgIpc) is 2.70. The Kier molecular flexibility index (Phi) is 4.52. The topological polar surface area (TPSA) is 70.4 Å². The Hall–Kier alpha value is -1.56. The molecule has 0 atom stereocenters. The lowest BCUT2D eigenvalue weighted by molar-refractivity contribution is 0.140. The van der Waals surface area contributed by atoms with Gasteiger partial charge in [0.1, 0.15) is 11.5 Å². The molecular weight excluding hydrogens is 280 g/mol. The first-order valence-electron chi connectivity index (χ1n) is 7.79. The third-order valence-corrected chi connectivity index (χ3v) is 3.94. The smallest absolute Gasteiger partial charge is 0.317 e. The molecule has 2 heterocycles. The summed E-state index contributed by atoms with van der Waals surface area (Å²) in [4.78, 5) is 14.0. The van der Waals surface area contributed by atoms with E-state index in [-0.39, 0.29) is 23.2 Å². The normalized spacial score (nSPS) is 20.6. The fourth-order valence-electron chi connectivity index (χ4n) is 3.52. The molecule has 0 saturated carbocycles. The van der Waals surface area contributed by atoms with Crippen LogP contribution in [0.3, 0.4) is 0 Å². The largest absolute Gasteiger partial charge is 0.361 e. The van der Waals surface area contributed by atoms with Gasteiger partial charge in [-0.15, -0.1) is 0 Å². The lowest BCUT2D eigenvalue weighted by Crippen LogP contribution is -2.62. The molecule has 2 N–H and O–H groups in total. The van der Waals surface area contributed by atoms with Gasteiger partial charge in [0.25, 0.3) is 0 Å². The summed E-state index contributed by atoms with van der Waals surface area (Å²) in [5.74, 6) is 0.755. The minimum Gasteiger partial charge on any atom is -0.361 e. The van der Waals surface area contributed by atoms with Gasteiger partial charge in [-0.2, -0.15) is 0 Å². The van der Waals surface area contributed by atoms with E-state index in [0.717, 1.165) is 24.3 Å². The van der Waals surface area contributed by atoms with Crippen LogP contribution in [-0.2, 0) is 6.54 Å². The van der Waals surface area contributed by atoms with Crippen LogP contribution in [0.5, 0.6) is 0 Å². The van der Waals surface area contributed by atoms with Crippen molar-refractivity contribution in [1.29, 1.82) is 0 Å². The molecule has 2 amide bonds. The van der Waals surface area contributed by atoms with E-state index in [4.69, 9.17) is 4.52 Å². The van der Waals surface area contributed by atoms with E-state index >= 15 is 0 Å². The second-order valence-corrected chi connectivity index (χ2v) is 7.73. The van der Waals surface area contributed by atoms with E-state index in [1.165, 1.54) is 0 Å². The lowest BCUT2D eigenvalue weighted by atomic mass is 9.80. The Morgan fingerprint density at radius 2 is 2.00 bits per heavy atom. The molecule has 0 radical (unpaired) electrons. The number of piperidine rings is 1. The molecular formula is C16H28N4O2. The highest BCUT2D eigenvalue weighted by molar-refractivity contribution is 5.74. The molecule has 2 rings (SSSR count). The summed E-state index contributed by atoms with van der Waals surface area (Å²) in [5, 5.41) is 10.7. The van der Waals surface area contributed by atoms with Crippen LogP contribution >= 0.6 is 0 Å². The van der Waals surface area contributed by atoms with Crippen LogP contribution in [0, 0.1) is 6.92 Å². The van der Waals surface area contributed by atoms with E-state index in [1.54, 1.807) is 11.9 Å². The zero-order chi connectivity index (χ0) is 16.5. The summed E-state index contributed by atoms with van der Waals surface area (Å²) in [6.07, 6.45) is 1.83. The summed E-state index contributed by atoms with van der Waals surface area (Å²) in [6.45, 7) is 11.0. The first-order chi connectivity index (χ1) is 10.1. The number of rotatable bonds is 3. The van der Waals surface area contributed by atoms with Gasteiger partial charge in [-0.3, -0.25) is 0 Å². The molecule has 22 heavy (non-hydrogen) atoms. The van der Waals surface area contributed by atoms with Crippen LogP contribution in [0.4, 0.5) is 4.79 Å². The van der Waals surface area contributed by atoms with Gasteiger partial charge >= 0.3 is 6.03 Å². The third-order valence-electron chi connectivity index (χ3n) is 3.94. The molecule has 1 fully saturated rings.